The summed E-state index contributed by atoms with van der Waals surface area (Å²) in [4.78, 5) is 8.35. The first kappa shape index (κ1) is 13.9. The molecule has 1 aliphatic heterocycles. The number of halogens is 1. The first-order valence-corrected chi connectivity index (χ1v) is 6.12. The lowest BCUT2D eigenvalue weighted by Gasteiger charge is -2.17. The van der Waals surface area contributed by atoms with E-state index in [9.17, 15) is 5.21 Å². The zero-order chi connectivity index (χ0) is 12.7. The van der Waals surface area contributed by atoms with Crippen LogP contribution in [0, 0.1) is 0 Å². The molecule has 0 radical (unpaired) electrons. The minimum atomic E-state index is 0.380. The van der Waals surface area contributed by atoms with Gasteiger partial charge >= 0.3 is 0 Å². The van der Waals surface area contributed by atoms with Crippen molar-refractivity contribution in [1.29, 1.82) is 0 Å². The number of aliphatic imine (C=N–C) groups is 2. The number of rotatable bonds is 2. The molecule has 17 heavy (non-hydrogen) atoms. The predicted octanol–water partition coefficient (Wildman–Crippen LogP) is 2.92. The Bertz CT molecular complexity index is 408. The van der Waals surface area contributed by atoms with E-state index in [-0.39, 0.29) is 0 Å². The van der Waals surface area contributed by atoms with Gasteiger partial charge in [0.05, 0.1) is 13.1 Å². The summed E-state index contributed by atoms with van der Waals surface area (Å²) in [5.74, 6) is 0.540. The second-order valence-corrected chi connectivity index (χ2v) is 4.37. The minimum absolute atomic E-state index is 0.380. The summed E-state index contributed by atoms with van der Waals surface area (Å²) in [7, 11) is 0. The first-order valence-electron chi connectivity index (χ1n) is 5.33. The van der Waals surface area contributed by atoms with E-state index >= 15 is 0 Å². The van der Waals surface area contributed by atoms with Gasteiger partial charge in [-0.2, -0.15) is 0 Å². The third kappa shape index (κ3) is 4.66. The summed E-state index contributed by atoms with van der Waals surface area (Å²) in [5.41, 5.74) is 0.824. The third-order valence-corrected chi connectivity index (χ3v) is 2.69. The summed E-state index contributed by atoms with van der Waals surface area (Å²) < 4.78 is 0.932. The molecule has 1 N–H and O–H groups in total. The Morgan fingerprint density at radius 3 is 3.12 bits per heavy atom. The molecule has 0 aliphatic carbocycles. The first-order chi connectivity index (χ1) is 8.15. The Kier molecular flexibility index (Phi) is 5.86. The number of allylic oxidation sites excluding steroid dienone is 2. The van der Waals surface area contributed by atoms with Gasteiger partial charge in [-0.3, -0.25) is 15.2 Å². The van der Waals surface area contributed by atoms with Crippen LogP contribution in [0.1, 0.15) is 13.8 Å². The van der Waals surface area contributed by atoms with Gasteiger partial charge in [-0.1, -0.05) is 28.1 Å². The van der Waals surface area contributed by atoms with Gasteiger partial charge in [0, 0.05) is 22.5 Å². The van der Waals surface area contributed by atoms with Crippen LogP contribution in [0.2, 0.25) is 0 Å². The normalized spacial score (nSPS) is 23.5. The zero-order valence-corrected chi connectivity index (χ0v) is 11.6. The van der Waals surface area contributed by atoms with Crippen molar-refractivity contribution in [2.45, 2.75) is 13.8 Å². The molecule has 0 saturated heterocycles. The lowest BCUT2D eigenvalue weighted by molar-refractivity contribution is -0.00250. The van der Waals surface area contributed by atoms with E-state index < -0.39 is 0 Å². The zero-order valence-electron chi connectivity index (χ0n) is 9.97. The Labute approximate surface area is 110 Å². The van der Waals surface area contributed by atoms with Crippen molar-refractivity contribution in [2.24, 2.45) is 9.98 Å². The second-order valence-electron chi connectivity index (χ2n) is 3.46. The lowest BCUT2D eigenvalue weighted by atomic mass is 10.3. The van der Waals surface area contributed by atoms with Gasteiger partial charge < -0.3 is 0 Å². The van der Waals surface area contributed by atoms with E-state index in [0.29, 0.717) is 18.9 Å². The number of hydrogen-bond donors (Lipinski definition) is 1. The van der Waals surface area contributed by atoms with Gasteiger partial charge in [0.2, 0.25) is 0 Å². The molecule has 0 amide bonds. The number of hydroxylamine groups is 2. The SMILES string of the molecule is CC=N/C=C(\C)C1=NC/C=C\C(Br)=C/CN1O. The lowest BCUT2D eigenvalue weighted by Crippen LogP contribution is -2.28. The van der Waals surface area contributed by atoms with Crippen molar-refractivity contribution in [3.63, 3.8) is 0 Å². The van der Waals surface area contributed by atoms with Crippen LogP contribution in [0.3, 0.4) is 0 Å². The van der Waals surface area contributed by atoms with E-state index in [0.717, 1.165) is 15.1 Å². The standard InChI is InChI=1S/C12H16BrN3O/c1-3-14-9-10(2)12-15-7-4-5-11(13)6-8-16(12)17/h3-6,9,17H,7-8H2,1-2H3/b5-4-,10-9+,11-6+,14-3?,15-12?. The maximum absolute atomic E-state index is 9.90. The van der Waals surface area contributed by atoms with E-state index in [4.69, 9.17) is 0 Å². The fourth-order valence-corrected chi connectivity index (χ4v) is 1.62. The minimum Gasteiger partial charge on any atom is -0.287 e. The molecule has 0 fully saturated rings. The average molecular weight is 298 g/mol. The molecule has 5 heteroatoms. The predicted molar refractivity (Wildman–Crippen MR) is 74.9 cm³/mol. The summed E-state index contributed by atoms with van der Waals surface area (Å²) in [6, 6.07) is 0. The van der Waals surface area contributed by atoms with Crippen molar-refractivity contribution < 1.29 is 5.21 Å². The monoisotopic (exact) mass is 297 g/mol. The molecule has 92 valence electrons. The molecule has 0 aromatic rings. The molecule has 4 nitrogen and oxygen atoms in total. The van der Waals surface area contributed by atoms with Crippen LogP contribution >= 0.6 is 15.9 Å². The molecule has 0 unspecified atom stereocenters. The Hall–Kier alpha value is -1.20. The topological polar surface area (TPSA) is 48.2 Å². The van der Waals surface area contributed by atoms with Crippen molar-refractivity contribution in [3.8, 4) is 0 Å². The average Bonchev–Trinajstić information content (AvgIpc) is 2.39. The summed E-state index contributed by atoms with van der Waals surface area (Å²) in [6.07, 6.45) is 9.09. The molecule has 0 bridgehead atoms. The molecule has 0 aromatic heterocycles. The van der Waals surface area contributed by atoms with Crippen molar-refractivity contribution in [1.82, 2.24) is 5.06 Å². The highest BCUT2D eigenvalue weighted by atomic mass is 79.9. The fourth-order valence-electron chi connectivity index (χ4n) is 1.29. The molecular formula is C12H16BrN3O. The molecule has 1 rings (SSSR count). The molecular weight excluding hydrogens is 282 g/mol. The summed E-state index contributed by atoms with van der Waals surface area (Å²) in [5, 5.41) is 11.0. The van der Waals surface area contributed by atoms with Crippen molar-refractivity contribution in [2.75, 3.05) is 13.1 Å². The van der Waals surface area contributed by atoms with E-state index in [1.807, 2.05) is 32.1 Å². The van der Waals surface area contributed by atoms with Gasteiger partial charge in [-0.05, 0) is 19.9 Å². The molecule has 0 atom stereocenters. The fraction of sp³-hybridized carbons (Fsp3) is 0.333. The van der Waals surface area contributed by atoms with E-state index in [1.165, 1.54) is 0 Å². The van der Waals surface area contributed by atoms with Gasteiger partial charge in [-0.25, -0.2) is 5.06 Å². The van der Waals surface area contributed by atoms with Crippen LogP contribution in [0.15, 0.2) is 44.5 Å². The smallest absolute Gasteiger partial charge is 0.152 e. The van der Waals surface area contributed by atoms with Gasteiger partial charge in [0.1, 0.15) is 0 Å². The molecule has 0 spiro atoms. The van der Waals surface area contributed by atoms with Gasteiger partial charge in [0.25, 0.3) is 0 Å². The maximum atomic E-state index is 9.90. The van der Waals surface area contributed by atoms with Crippen LogP contribution in [-0.4, -0.2) is 35.4 Å². The van der Waals surface area contributed by atoms with Crippen LogP contribution in [-0.2, 0) is 0 Å². The largest absolute Gasteiger partial charge is 0.287 e. The number of amidine groups is 1. The van der Waals surface area contributed by atoms with Crippen LogP contribution in [0.25, 0.3) is 0 Å². The highest BCUT2D eigenvalue weighted by Crippen LogP contribution is 2.10. The van der Waals surface area contributed by atoms with Crippen molar-refractivity contribution >= 4 is 28.0 Å². The summed E-state index contributed by atoms with van der Waals surface area (Å²) >= 11 is 3.38. The van der Waals surface area contributed by atoms with E-state index in [2.05, 4.69) is 25.9 Å². The second kappa shape index (κ2) is 7.19. The van der Waals surface area contributed by atoms with Crippen LogP contribution in [0.5, 0.6) is 0 Å². The number of hydrogen-bond acceptors (Lipinski definition) is 4. The summed E-state index contributed by atoms with van der Waals surface area (Å²) in [6.45, 7) is 4.62. The maximum Gasteiger partial charge on any atom is 0.152 e. The van der Waals surface area contributed by atoms with Crippen molar-refractivity contribution in [3.05, 3.63) is 34.5 Å². The van der Waals surface area contributed by atoms with Gasteiger partial charge in [-0.15, -0.1) is 0 Å². The molecule has 1 heterocycles. The molecule has 0 saturated carbocycles. The Balaban J connectivity index is 2.93. The van der Waals surface area contributed by atoms with Crippen LogP contribution in [0.4, 0.5) is 0 Å². The molecule has 1 aliphatic rings. The van der Waals surface area contributed by atoms with E-state index in [1.54, 1.807) is 12.4 Å². The van der Waals surface area contributed by atoms with Crippen LogP contribution < -0.4 is 0 Å². The Morgan fingerprint density at radius 2 is 2.41 bits per heavy atom. The molecule has 0 aromatic carbocycles. The highest BCUT2D eigenvalue weighted by molar-refractivity contribution is 9.11. The Morgan fingerprint density at radius 1 is 1.65 bits per heavy atom. The third-order valence-electron chi connectivity index (χ3n) is 2.10. The number of nitrogens with zero attached hydrogens (tertiary/aromatic N) is 3. The quantitative estimate of drug-likeness (QED) is 0.797. The highest BCUT2D eigenvalue weighted by Gasteiger charge is 2.10. The van der Waals surface area contributed by atoms with Gasteiger partial charge in [0.15, 0.2) is 5.84 Å².